The quantitative estimate of drug-likeness (QED) is 0.799. The summed E-state index contributed by atoms with van der Waals surface area (Å²) in [7, 11) is 0. The molecule has 1 saturated carbocycles. The van der Waals surface area contributed by atoms with Gasteiger partial charge in [-0.3, -0.25) is 9.69 Å². The van der Waals surface area contributed by atoms with Gasteiger partial charge in [0.2, 0.25) is 0 Å². The topological polar surface area (TPSA) is 75.1 Å². The molecule has 0 atom stereocenters. The molecule has 1 fully saturated rings. The minimum atomic E-state index is -0.0100. The van der Waals surface area contributed by atoms with Gasteiger partial charge in [0, 0.05) is 50.0 Å². The number of nitrogen functional groups attached to an aromatic ring is 1. The van der Waals surface area contributed by atoms with Crippen LogP contribution in [-0.2, 0) is 6.54 Å². The van der Waals surface area contributed by atoms with Crippen molar-refractivity contribution < 1.29 is 0 Å². The molecule has 0 radical (unpaired) electrons. The number of hydrogen-bond acceptors (Lipinski definition) is 4. The first-order valence-electron chi connectivity index (χ1n) is 6.77. The number of anilines is 1. The van der Waals surface area contributed by atoms with Gasteiger partial charge in [0.05, 0.1) is 6.07 Å². The van der Waals surface area contributed by atoms with E-state index in [1.165, 1.54) is 18.9 Å². The van der Waals surface area contributed by atoms with Crippen LogP contribution in [0.4, 0.5) is 5.69 Å². The van der Waals surface area contributed by atoms with Crippen molar-refractivity contribution in [1.82, 2.24) is 9.47 Å². The van der Waals surface area contributed by atoms with Gasteiger partial charge in [-0.05, 0) is 25.3 Å². The summed E-state index contributed by atoms with van der Waals surface area (Å²) in [6.07, 6.45) is 5.66. The second-order valence-electron chi connectivity index (χ2n) is 5.02. The highest BCUT2D eigenvalue weighted by molar-refractivity contribution is 5.33. The third-order valence-electron chi connectivity index (χ3n) is 3.42. The van der Waals surface area contributed by atoms with Crippen molar-refractivity contribution in [2.75, 3.05) is 18.8 Å². The fraction of sp³-hybridized carbons (Fsp3) is 0.571. The highest BCUT2D eigenvalue weighted by Crippen LogP contribution is 2.26. The number of nitrogens with two attached hydrogens (primary N) is 1. The zero-order chi connectivity index (χ0) is 13.7. The Morgan fingerprint density at radius 2 is 2.21 bits per heavy atom. The van der Waals surface area contributed by atoms with Gasteiger partial charge in [-0.1, -0.05) is 0 Å². The van der Waals surface area contributed by atoms with Crippen molar-refractivity contribution in [1.29, 1.82) is 5.26 Å². The lowest BCUT2D eigenvalue weighted by molar-refractivity contribution is 0.260. The fourth-order valence-electron chi connectivity index (χ4n) is 2.28. The Morgan fingerprint density at radius 3 is 2.89 bits per heavy atom. The summed E-state index contributed by atoms with van der Waals surface area (Å²) >= 11 is 0. The van der Waals surface area contributed by atoms with E-state index in [1.807, 2.05) is 0 Å². The maximum atomic E-state index is 11.6. The first-order chi connectivity index (χ1) is 9.20. The van der Waals surface area contributed by atoms with Crippen molar-refractivity contribution in [3.8, 4) is 6.07 Å². The van der Waals surface area contributed by atoms with Gasteiger partial charge in [0.1, 0.15) is 0 Å². The lowest BCUT2D eigenvalue weighted by Crippen LogP contribution is -2.30. The van der Waals surface area contributed by atoms with E-state index in [2.05, 4.69) is 11.0 Å². The Bertz CT molecular complexity index is 513. The minimum absolute atomic E-state index is 0.0100. The van der Waals surface area contributed by atoms with Crippen LogP contribution in [0, 0.1) is 11.3 Å². The van der Waals surface area contributed by atoms with Crippen LogP contribution in [-0.4, -0.2) is 28.6 Å². The van der Waals surface area contributed by atoms with E-state index in [0.717, 1.165) is 19.5 Å². The molecule has 19 heavy (non-hydrogen) atoms. The summed E-state index contributed by atoms with van der Waals surface area (Å²) in [5.41, 5.74) is 6.28. The van der Waals surface area contributed by atoms with Crippen LogP contribution < -0.4 is 11.3 Å². The molecule has 0 saturated heterocycles. The Kier molecular flexibility index (Phi) is 4.58. The van der Waals surface area contributed by atoms with Gasteiger partial charge in [-0.25, -0.2) is 0 Å². The van der Waals surface area contributed by atoms with Crippen LogP contribution in [0.25, 0.3) is 0 Å². The van der Waals surface area contributed by atoms with Gasteiger partial charge in [-0.2, -0.15) is 5.26 Å². The maximum Gasteiger partial charge on any atom is 0.250 e. The summed E-state index contributed by atoms with van der Waals surface area (Å²) in [4.78, 5) is 14.0. The molecule has 0 unspecified atom stereocenters. The highest BCUT2D eigenvalue weighted by Gasteiger charge is 2.27. The van der Waals surface area contributed by atoms with Gasteiger partial charge >= 0.3 is 0 Å². The summed E-state index contributed by atoms with van der Waals surface area (Å²) in [5, 5.41) is 8.65. The molecular formula is C14H20N4O. The largest absolute Gasteiger partial charge is 0.398 e. The Hall–Kier alpha value is -1.80. The SMILES string of the molecule is N#CCCN(CCCn1cc(N)ccc1=O)C1CC1. The highest BCUT2D eigenvalue weighted by atomic mass is 16.1. The van der Waals surface area contributed by atoms with E-state index in [-0.39, 0.29) is 5.56 Å². The van der Waals surface area contributed by atoms with E-state index in [4.69, 9.17) is 11.0 Å². The van der Waals surface area contributed by atoms with Crippen LogP contribution in [0.15, 0.2) is 23.1 Å². The molecule has 0 amide bonds. The number of hydrogen-bond donors (Lipinski definition) is 1. The third kappa shape index (κ3) is 4.11. The molecule has 1 heterocycles. The monoisotopic (exact) mass is 260 g/mol. The van der Waals surface area contributed by atoms with Crippen molar-refractivity contribution in [2.24, 2.45) is 0 Å². The van der Waals surface area contributed by atoms with Crippen LogP contribution in [0.3, 0.4) is 0 Å². The van der Waals surface area contributed by atoms with Crippen LogP contribution in [0.1, 0.15) is 25.7 Å². The molecule has 0 aromatic carbocycles. The van der Waals surface area contributed by atoms with Gasteiger partial charge < -0.3 is 10.3 Å². The van der Waals surface area contributed by atoms with Gasteiger partial charge in [0.15, 0.2) is 0 Å². The van der Waals surface area contributed by atoms with Crippen molar-refractivity contribution in [3.63, 3.8) is 0 Å². The molecular weight excluding hydrogens is 240 g/mol. The summed E-state index contributed by atoms with van der Waals surface area (Å²) in [5.74, 6) is 0. The molecule has 0 aliphatic heterocycles. The molecule has 5 heteroatoms. The number of pyridine rings is 1. The molecule has 1 aliphatic rings. The second-order valence-corrected chi connectivity index (χ2v) is 5.02. The van der Waals surface area contributed by atoms with Gasteiger partial charge in [0.25, 0.3) is 5.56 Å². The molecule has 1 aromatic heterocycles. The smallest absolute Gasteiger partial charge is 0.250 e. The second kappa shape index (κ2) is 6.39. The van der Waals surface area contributed by atoms with E-state index >= 15 is 0 Å². The van der Waals surface area contributed by atoms with Crippen molar-refractivity contribution in [2.45, 2.75) is 38.3 Å². The number of aryl methyl sites for hydroxylation is 1. The summed E-state index contributed by atoms with van der Waals surface area (Å²) in [6.45, 7) is 2.46. The van der Waals surface area contributed by atoms with Gasteiger partial charge in [-0.15, -0.1) is 0 Å². The summed E-state index contributed by atoms with van der Waals surface area (Å²) in [6, 6.07) is 5.98. The molecule has 102 valence electrons. The average molecular weight is 260 g/mol. The van der Waals surface area contributed by atoms with Crippen molar-refractivity contribution in [3.05, 3.63) is 28.7 Å². The van der Waals surface area contributed by atoms with E-state index < -0.39 is 0 Å². The predicted molar refractivity (Wildman–Crippen MR) is 74.6 cm³/mol. The number of nitriles is 1. The average Bonchev–Trinajstić information content (AvgIpc) is 3.22. The fourth-order valence-corrected chi connectivity index (χ4v) is 2.28. The summed E-state index contributed by atoms with van der Waals surface area (Å²) < 4.78 is 1.66. The Morgan fingerprint density at radius 1 is 1.42 bits per heavy atom. The molecule has 1 aliphatic carbocycles. The van der Waals surface area contributed by atoms with E-state index in [0.29, 0.717) is 24.7 Å². The Labute approximate surface area is 113 Å². The van der Waals surface area contributed by atoms with Crippen LogP contribution >= 0.6 is 0 Å². The molecule has 0 bridgehead atoms. The number of rotatable bonds is 7. The minimum Gasteiger partial charge on any atom is -0.398 e. The number of aromatic nitrogens is 1. The molecule has 2 N–H and O–H groups in total. The first kappa shape index (κ1) is 13.6. The van der Waals surface area contributed by atoms with Crippen molar-refractivity contribution >= 4 is 5.69 Å². The predicted octanol–water partition coefficient (Wildman–Crippen LogP) is 1.20. The maximum absolute atomic E-state index is 11.6. The molecule has 5 nitrogen and oxygen atoms in total. The molecule has 1 aromatic rings. The van der Waals surface area contributed by atoms with E-state index in [9.17, 15) is 4.79 Å². The zero-order valence-corrected chi connectivity index (χ0v) is 11.1. The normalized spacial score (nSPS) is 14.5. The first-order valence-corrected chi connectivity index (χ1v) is 6.77. The lowest BCUT2D eigenvalue weighted by atomic mass is 10.3. The third-order valence-corrected chi connectivity index (χ3v) is 3.42. The van der Waals surface area contributed by atoms with Crippen LogP contribution in [0.2, 0.25) is 0 Å². The zero-order valence-electron chi connectivity index (χ0n) is 11.1. The lowest BCUT2D eigenvalue weighted by Gasteiger charge is -2.20. The molecule has 0 spiro atoms. The Balaban J connectivity index is 1.83. The van der Waals surface area contributed by atoms with Crippen LogP contribution in [0.5, 0.6) is 0 Å². The number of nitrogens with zero attached hydrogens (tertiary/aromatic N) is 3. The molecule has 2 rings (SSSR count). The van der Waals surface area contributed by atoms with E-state index in [1.54, 1.807) is 16.8 Å². The standard InChI is InChI=1S/C14H20N4O/c15-7-1-8-17(13-4-5-13)9-2-10-18-11-12(16)3-6-14(18)19/h3,6,11,13H,1-2,4-5,8-10,16H2.